The third kappa shape index (κ3) is 3.57. The zero-order valence-corrected chi connectivity index (χ0v) is 10.4. The van der Waals surface area contributed by atoms with Gasteiger partial charge in [-0.25, -0.2) is 9.18 Å². The van der Waals surface area contributed by atoms with Crippen molar-refractivity contribution in [1.82, 2.24) is 10.2 Å². The third-order valence-corrected chi connectivity index (χ3v) is 2.83. The van der Waals surface area contributed by atoms with E-state index < -0.39 is 18.3 Å². The van der Waals surface area contributed by atoms with Crippen LogP contribution in [0.25, 0.3) is 0 Å². The van der Waals surface area contributed by atoms with Gasteiger partial charge in [0.1, 0.15) is 12.2 Å². The maximum atomic E-state index is 13.0. The SMILES string of the molecule is COC(=O)NC(C(=O)N1CCC(F)C1)C(C)C. The number of amides is 2. The standard InChI is InChI=1S/C11H19FN2O3/c1-7(2)9(13-11(16)17-3)10(15)14-5-4-8(12)6-14/h7-9H,4-6H2,1-3H3,(H,13,16). The normalized spacial score (nSPS) is 21.5. The number of rotatable bonds is 3. The second-order valence-electron chi connectivity index (χ2n) is 4.53. The summed E-state index contributed by atoms with van der Waals surface area (Å²) >= 11 is 0. The summed E-state index contributed by atoms with van der Waals surface area (Å²) in [7, 11) is 1.24. The number of ether oxygens (including phenoxy) is 1. The molecular formula is C11H19FN2O3. The van der Waals surface area contributed by atoms with Gasteiger partial charge in [-0.05, 0) is 12.3 Å². The minimum absolute atomic E-state index is 0.0692. The Morgan fingerprint density at radius 2 is 2.12 bits per heavy atom. The van der Waals surface area contributed by atoms with Crippen LogP contribution in [0.1, 0.15) is 20.3 Å². The highest BCUT2D eigenvalue weighted by Crippen LogP contribution is 2.15. The van der Waals surface area contributed by atoms with Crippen LogP contribution in [-0.2, 0) is 9.53 Å². The number of alkyl halides is 1. The number of carbonyl (C=O) groups is 2. The first-order valence-electron chi connectivity index (χ1n) is 5.73. The highest BCUT2D eigenvalue weighted by Gasteiger charge is 2.33. The number of nitrogens with zero attached hydrogens (tertiary/aromatic N) is 1. The van der Waals surface area contributed by atoms with E-state index in [1.54, 1.807) is 0 Å². The van der Waals surface area contributed by atoms with Crippen LogP contribution in [0, 0.1) is 5.92 Å². The average Bonchev–Trinajstić information content (AvgIpc) is 2.71. The van der Waals surface area contributed by atoms with E-state index in [1.165, 1.54) is 12.0 Å². The summed E-state index contributed by atoms with van der Waals surface area (Å²) in [4.78, 5) is 24.7. The Morgan fingerprint density at radius 1 is 1.47 bits per heavy atom. The minimum atomic E-state index is -0.954. The first-order chi connectivity index (χ1) is 7.95. The minimum Gasteiger partial charge on any atom is -0.453 e. The number of alkyl carbamates (subject to hydrolysis) is 1. The molecule has 0 aromatic heterocycles. The molecule has 2 amide bonds. The fourth-order valence-electron chi connectivity index (χ4n) is 1.81. The van der Waals surface area contributed by atoms with Gasteiger partial charge in [0.25, 0.3) is 0 Å². The van der Waals surface area contributed by atoms with E-state index in [4.69, 9.17) is 0 Å². The Labute approximate surface area is 100 Å². The van der Waals surface area contributed by atoms with Crippen molar-refractivity contribution in [2.75, 3.05) is 20.2 Å². The fraction of sp³-hybridized carbons (Fsp3) is 0.818. The van der Waals surface area contributed by atoms with Crippen molar-refractivity contribution >= 4 is 12.0 Å². The summed E-state index contributed by atoms with van der Waals surface area (Å²) in [6.45, 7) is 4.17. The topological polar surface area (TPSA) is 58.6 Å². The molecule has 0 saturated carbocycles. The number of methoxy groups -OCH3 is 1. The van der Waals surface area contributed by atoms with Gasteiger partial charge in [0, 0.05) is 6.54 Å². The second-order valence-corrected chi connectivity index (χ2v) is 4.53. The Bertz CT molecular complexity index is 296. The average molecular weight is 246 g/mol. The first-order valence-corrected chi connectivity index (χ1v) is 5.73. The number of hydrogen-bond donors (Lipinski definition) is 1. The molecule has 17 heavy (non-hydrogen) atoms. The lowest BCUT2D eigenvalue weighted by molar-refractivity contribution is -0.133. The van der Waals surface area contributed by atoms with Crippen LogP contribution >= 0.6 is 0 Å². The van der Waals surface area contributed by atoms with Gasteiger partial charge >= 0.3 is 6.09 Å². The Morgan fingerprint density at radius 3 is 2.53 bits per heavy atom. The molecule has 1 fully saturated rings. The summed E-state index contributed by atoms with van der Waals surface area (Å²) in [6.07, 6.45) is -1.23. The highest BCUT2D eigenvalue weighted by atomic mass is 19.1. The van der Waals surface area contributed by atoms with Gasteiger partial charge < -0.3 is 15.0 Å². The molecule has 1 saturated heterocycles. The first kappa shape index (κ1) is 13.7. The van der Waals surface area contributed by atoms with E-state index >= 15 is 0 Å². The molecule has 1 aliphatic heterocycles. The number of nitrogens with one attached hydrogen (secondary N) is 1. The van der Waals surface area contributed by atoms with Crippen LogP contribution in [0.15, 0.2) is 0 Å². The summed E-state index contributed by atoms with van der Waals surface area (Å²) in [5.41, 5.74) is 0. The molecule has 1 N–H and O–H groups in total. The molecule has 2 atom stereocenters. The smallest absolute Gasteiger partial charge is 0.407 e. The Hall–Kier alpha value is -1.33. The van der Waals surface area contributed by atoms with Crippen LogP contribution in [0.3, 0.4) is 0 Å². The fourth-order valence-corrected chi connectivity index (χ4v) is 1.81. The molecule has 1 aliphatic rings. The second kappa shape index (κ2) is 5.84. The predicted molar refractivity (Wildman–Crippen MR) is 60.3 cm³/mol. The van der Waals surface area contributed by atoms with Crippen molar-refractivity contribution in [1.29, 1.82) is 0 Å². The van der Waals surface area contributed by atoms with Crippen LogP contribution in [0.2, 0.25) is 0 Å². The lowest BCUT2D eigenvalue weighted by Gasteiger charge is -2.26. The van der Waals surface area contributed by atoms with Gasteiger partial charge in [-0.1, -0.05) is 13.8 Å². The predicted octanol–water partition coefficient (Wildman–Crippen LogP) is 0.937. The van der Waals surface area contributed by atoms with E-state index in [9.17, 15) is 14.0 Å². The lowest BCUT2D eigenvalue weighted by Crippen LogP contribution is -2.50. The monoisotopic (exact) mass is 246 g/mol. The van der Waals surface area contributed by atoms with Gasteiger partial charge in [0.15, 0.2) is 0 Å². The van der Waals surface area contributed by atoms with Gasteiger partial charge in [-0.3, -0.25) is 4.79 Å². The molecule has 0 aliphatic carbocycles. The molecule has 2 unspecified atom stereocenters. The van der Waals surface area contributed by atoms with Crippen molar-refractivity contribution < 1.29 is 18.7 Å². The quantitative estimate of drug-likeness (QED) is 0.806. The zero-order valence-electron chi connectivity index (χ0n) is 10.4. The zero-order chi connectivity index (χ0) is 13.0. The van der Waals surface area contributed by atoms with Crippen molar-refractivity contribution in [3.05, 3.63) is 0 Å². The molecule has 1 rings (SSSR count). The molecule has 0 spiro atoms. The number of halogens is 1. The maximum absolute atomic E-state index is 13.0. The van der Waals surface area contributed by atoms with Gasteiger partial charge in [-0.2, -0.15) is 0 Å². The lowest BCUT2D eigenvalue weighted by atomic mass is 10.0. The van der Waals surface area contributed by atoms with Crippen LogP contribution in [-0.4, -0.2) is 49.3 Å². The summed E-state index contributed by atoms with van der Waals surface area (Å²) < 4.78 is 17.5. The van der Waals surface area contributed by atoms with Crippen LogP contribution in [0.4, 0.5) is 9.18 Å². The molecule has 1 heterocycles. The van der Waals surface area contributed by atoms with Crippen LogP contribution < -0.4 is 5.32 Å². The largest absolute Gasteiger partial charge is 0.453 e. The Kier molecular flexibility index (Phi) is 4.72. The van der Waals surface area contributed by atoms with E-state index in [1.807, 2.05) is 13.8 Å². The van der Waals surface area contributed by atoms with Crippen molar-refractivity contribution in [2.45, 2.75) is 32.5 Å². The number of carbonyl (C=O) groups excluding carboxylic acids is 2. The van der Waals surface area contributed by atoms with Gasteiger partial charge in [0.05, 0.1) is 13.7 Å². The molecule has 6 heteroatoms. The molecule has 0 aromatic rings. The van der Waals surface area contributed by atoms with Gasteiger partial charge in [-0.15, -0.1) is 0 Å². The van der Waals surface area contributed by atoms with E-state index in [0.717, 1.165) is 0 Å². The summed E-state index contributed by atoms with van der Waals surface area (Å²) in [5, 5.41) is 2.48. The Balaban J connectivity index is 2.63. The van der Waals surface area contributed by atoms with Crippen molar-refractivity contribution in [3.8, 4) is 0 Å². The van der Waals surface area contributed by atoms with Gasteiger partial charge in [0.2, 0.25) is 5.91 Å². The molecular weight excluding hydrogens is 227 g/mol. The van der Waals surface area contributed by atoms with E-state index in [0.29, 0.717) is 13.0 Å². The highest BCUT2D eigenvalue weighted by molar-refractivity contribution is 5.86. The maximum Gasteiger partial charge on any atom is 0.407 e. The third-order valence-electron chi connectivity index (χ3n) is 2.83. The summed E-state index contributed by atoms with van der Waals surface area (Å²) in [6, 6.07) is -0.659. The van der Waals surface area contributed by atoms with E-state index in [-0.39, 0.29) is 18.4 Å². The number of likely N-dealkylation sites (tertiary alicyclic amines) is 1. The molecule has 0 bridgehead atoms. The van der Waals surface area contributed by atoms with Crippen molar-refractivity contribution in [3.63, 3.8) is 0 Å². The molecule has 0 aromatic carbocycles. The van der Waals surface area contributed by atoms with E-state index in [2.05, 4.69) is 10.1 Å². The molecule has 0 radical (unpaired) electrons. The van der Waals surface area contributed by atoms with Crippen LogP contribution in [0.5, 0.6) is 0 Å². The summed E-state index contributed by atoms with van der Waals surface area (Å²) in [5.74, 6) is -0.314. The molecule has 98 valence electrons. The molecule has 5 nitrogen and oxygen atoms in total. The number of hydrogen-bond acceptors (Lipinski definition) is 3. The van der Waals surface area contributed by atoms with Crippen molar-refractivity contribution in [2.24, 2.45) is 5.92 Å².